The highest BCUT2D eigenvalue weighted by molar-refractivity contribution is 5.65. The second-order valence-electron chi connectivity index (χ2n) is 3.26. The van der Waals surface area contributed by atoms with Gasteiger partial charge in [-0.25, -0.2) is 0 Å². The number of allylic oxidation sites excluding steroid dienone is 2. The fourth-order valence-corrected chi connectivity index (χ4v) is 1.19. The fraction of sp³-hybridized carbons (Fsp3) is 0.308. The third-order valence-corrected chi connectivity index (χ3v) is 2.15. The summed E-state index contributed by atoms with van der Waals surface area (Å²) in [5.41, 5.74) is 2.28. The molecule has 0 amide bonds. The molecule has 1 aromatic rings. The lowest BCUT2D eigenvalue weighted by Crippen LogP contribution is -2.04. The molecule has 0 bridgehead atoms. The summed E-state index contributed by atoms with van der Waals surface area (Å²) in [7, 11) is 1.66. The van der Waals surface area contributed by atoms with Crippen LogP contribution < -0.4 is 4.74 Å². The Kier molecular flexibility index (Phi) is 4.91. The van der Waals surface area contributed by atoms with Gasteiger partial charge in [-0.2, -0.15) is 0 Å². The van der Waals surface area contributed by atoms with Crippen molar-refractivity contribution in [3.63, 3.8) is 0 Å². The third-order valence-electron chi connectivity index (χ3n) is 2.15. The molecule has 1 rings (SSSR count). The summed E-state index contributed by atoms with van der Waals surface area (Å²) < 4.78 is 10.4. The van der Waals surface area contributed by atoms with Crippen LogP contribution in [0.25, 0.3) is 5.57 Å². The molecule has 81 valence electrons. The quantitative estimate of drug-likeness (QED) is 0.688. The van der Waals surface area contributed by atoms with E-state index >= 15 is 0 Å². The number of rotatable bonds is 5. The molecule has 1 aromatic carbocycles. The normalized spacial score (nSPS) is 11.5. The van der Waals surface area contributed by atoms with Gasteiger partial charge in [-0.15, -0.1) is 0 Å². The topological polar surface area (TPSA) is 18.5 Å². The highest BCUT2D eigenvalue weighted by Crippen LogP contribution is 2.19. The van der Waals surface area contributed by atoms with E-state index in [4.69, 9.17) is 9.47 Å². The molecule has 0 heterocycles. The molecule has 0 saturated carbocycles. The van der Waals surface area contributed by atoms with Gasteiger partial charge in [0.25, 0.3) is 0 Å². The summed E-state index contributed by atoms with van der Waals surface area (Å²) >= 11 is 0. The van der Waals surface area contributed by atoms with Crippen LogP contribution in [0, 0.1) is 6.92 Å². The summed E-state index contributed by atoms with van der Waals surface area (Å²) in [6.45, 7) is 6.96. The Labute approximate surface area is 91.5 Å². The highest BCUT2D eigenvalue weighted by Gasteiger charge is 1.97. The van der Waals surface area contributed by atoms with Crippen molar-refractivity contribution < 1.29 is 9.47 Å². The van der Waals surface area contributed by atoms with Crippen LogP contribution in [-0.4, -0.2) is 20.3 Å². The van der Waals surface area contributed by atoms with E-state index < -0.39 is 0 Å². The molecule has 0 aliphatic heterocycles. The number of hydrogen-bond acceptors (Lipinski definition) is 2. The maximum atomic E-state index is 5.51. The van der Waals surface area contributed by atoms with Crippen LogP contribution in [0.5, 0.6) is 5.75 Å². The molecule has 2 nitrogen and oxygen atoms in total. The van der Waals surface area contributed by atoms with E-state index in [1.54, 1.807) is 7.11 Å². The molecule has 0 spiro atoms. The minimum absolute atomic E-state index is 0.576. The first-order valence-electron chi connectivity index (χ1n) is 4.96. The Morgan fingerprint density at radius 3 is 2.87 bits per heavy atom. The summed E-state index contributed by atoms with van der Waals surface area (Å²) in [6, 6.07) is 7.97. The molecule has 0 fully saturated rings. The van der Waals surface area contributed by atoms with E-state index in [1.807, 2.05) is 37.3 Å². The predicted octanol–water partition coefficient (Wildman–Crippen LogP) is 2.95. The third kappa shape index (κ3) is 3.76. The zero-order valence-electron chi connectivity index (χ0n) is 9.32. The number of benzene rings is 1. The maximum Gasteiger partial charge on any atom is 0.120 e. The van der Waals surface area contributed by atoms with Crippen molar-refractivity contribution in [1.82, 2.24) is 0 Å². The van der Waals surface area contributed by atoms with Crippen LogP contribution in [0.3, 0.4) is 0 Å². The van der Waals surface area contributed by atoms with Crippen LogP contribution in [0.4, 0.5) is 0 Å². The molecule has 0 atom stereocenters. The lowest BCUT2D eigenvalue weighted by molar-refractivity contribution is 0.146. The number of methoxy groups -OCH3 is 1. The van der Waals surface area contributed by atoms with Crippen molar-refractivity contribution in [2.45, 2.75) is 6.92 Å². The molecular formula is C13H17O2. The molecule has 15 heavy (non-hydrogen) atoms. The zero-order valence-corrected chi connectivity index (χ0v) is 9.32. The first kappa shape index (κ1) is 11.8. The van der Waals surface area contributed by atoms with Crippen LogP contribution >= 0.6 is 0 Å². The van der Waals surface area contributed by atoms with Gasteiger partial charge >= 0.3 is 0 Å². The van der Waals surface area contributed by atoms with Crippen LogP contribution in [0.2, 0.25) is 0 Å². The van der Waals surface area contributed by atoms with Gasteiger partial charge in [0.1, 0.15) is 12.4 Å². The molecule has 0 aliphatic carbocycles. The first-order chi connectivity index (χ1) is 7.27. The first-order valence-corrected chi connectivity index (χ1v) is 4.96. The molecule has 0 saturated heterocycles. The minimum Gasteiger partial charge on any atom is -0.491 e. The summed E-state index contributed by atoms with van der Waals surface area (Å²) in [4.78, 5) is 0. The summed E-state index contributed by atoms with van der Waals surface area (Å²) in [6.07, 6.45) is 1.84. The monoisotopic (exact) mass is 205 g/mol. The minimum atomic E-state index is 0.576. The largest absolute Gasteiger partial charge is 0.491 e. The van der Waals surface area contributed by atoms with Crippen molar-refractivity contribution in [3.8, 4) is 5.75 Å². The molecule has 0 aromatic heterocycles. The van der Waals surface area contributed by atoms with Crippen molar-refractivity contribution in [2.24, 2.45) is 0 Å². The molecule has 0 unspecified atom stereocenters. The smallest absolute Gasteiger partial charge is 0.120 e. The SMILES string of the molecule is [CH2]C=C(C)c1cccc(OCCOC)c1. The molecule has 0 aliphatic rings. The van der Waals surface area contributed by atoms with E-state index in [0.717, 1.165) is 16.9 Å². The second kappa shape index (κ2) is 6.25. The average molecular weight is 205 g/mol. The Hall–Kier alpha value is -1.28. The predicted molar refractivity (Wildman–Crippen MR) is 62.8 cm³/mol. The van der Waals surface area contributed by atoms with E-state index in [1.165, 1.54) is 0 Å². The van der Waals surface area contributed by atoms with E-state index in [0.29, 0.717) is 13.2 Å². The molecular weight excluding hydrogens is 188 g/mol. The zero-order chi connectivity index (χ0) is 11.1. The van der Waals surface area contributed by atoms with Gasteiger partial charge in [0.05, 0.1) is 6.61 Å². The Balaban J connectivity index is 2.66. The number of hydrogen-bond donors (Lipinski definition) is 0. The molecule has 1 radical (unpaired) electrons. The molecule has 2 heteroatoms. The standard InChI is InChI=1S/C13H17O2/c1-4-11(2)12-6-5-7-13(10-12)15-9-8-14-3/h4-7,10H,1,8-9H2,2-3H3. The van der Waals surface area contributed by atoms with Crippen molar-refractivity contribution in [1.29, 1.82) is 0 Å². The Bertz CT molecular complexity index is 329. The molecule has 0 N–H and O–H groups in total. The fourth-order valence-electron chi connectivity index (χ4n) is 1.19. The number of ether oxygens (including phenoxy) is 2. The highest BCUT2D eigenvalue weighted by atomic mass is 16.5. The second-order valence-corrected chi connectivity index (χ2v) is 3.26. The van der Waals surface area contributed by atoms with Gasteiger partial charge < -0.3 is 9.47 Å². The Morgan fingerprint density at radius 1 is 1.40 bits per heavy atom. The van der Waals surface area contributed by atoms with Crippen LogP contribution in [-0.2, 0) is 4.74 Å². The van der Waals surface area contributed by atoms with E-state index in [2.05, 4.69) is 6.92 Å². The van der Waals surface area contributed by atoms with Gasteiger partial charge in [-0.05, 0) is 37.1 Å². The van der Waals surface area contributed by atoms with E-state index in [9.17, 15) is 0 Å². The summed E-state index contributed by atoms with van der Waals surface area (Å²) in [5, 5.41) is 0. The van der Waals surface area contributed by atoms with Gasteiger partial charge in [0, 0.05) is 7.11 Å². The lowest BCUT2D eigenvalue weighted by atomic mass is 10.1. The van der Waals surface area contributed by atoms with Gasteiger partial charge in [0.15, 0.2) is 0 Å². The van der Waals surface area contributed by atoms with Crippen LogP contribution in [0.15, 0.2) is 30.3 Å². The van der Waals surface area contributed by atoms with Crippen molar-refractivity contribution >= 4 is 5.57 Å². The van der Waals surface area contributed by atoms with Crippen LogP contribution in [0.1, 0.15) is 12.5 Å². The van der Waals surface area contributed by atoms with Gasteiger partial charge in [-0.3, -0.25) is 0 Å². The average Bonchev–Trinajstić information content (AvgIpc) is 2.29. The Morgan fingerprint density at radius 2 is 2.20 bits per heavy atom. The van der Waals surface area contributed by atoms with Gasteiger partial charge in [0.2, 0.25) is 0 Å². The lowest BCUT2D eigenvalue weighted by Gasteiger charge is -2.07. The van der Waals surface area contributed by atoms with Crippen molar-refractivity contribution in [3.05, 3.63) is 42.8 Å². The maximum absolute atomic E-state index is 5.51. The van der Waals surface area contributed by atoms with Crippen molar-refractivity contribution in [2.75, 3.05) is 20.3 Å². The van der Waals surface area contributed by atoms with E-state index in [-0.39, 0.29) is 0 Å². The van der Waals surface area contributed by atoms with Gasteiger partial charge in [-0.1, -0.05) is 18.2 Å². The summed E-state index contributed by atoms with van der Waals surface area (Å²) in [5.74, 6) is 0.866.